The molecule has 0 unspecified atom stereocenters. The Morgan fingerprint density at radius 3 is 2.42 bits per heavy atom. The second-order valence-electron chi connectivity index (χ2n) is 4.83. The van der Waals surface area contributed by atoms with Gasteiger partial charge >= 0.3 is 5.97 Å². The van der Waals surface area contributed by atoms with E-state index in [9.17, 15) is 19.7 Å². The average molecular weight is 349 g/mol. The molecule has 0 aliphatic rings. The van der Waals surface area contributed by atoms with Gasteiger partial charge in [0.25, 0.3) is 5.69 Å². The van der Waals surface area contributed by atoms with Crippen LogP contribution in [0, 0.1) is 10.1 Å². The standard InChI is InChI=1S/C16H13ClN2O5/c1-24-16(21)11-4-7-14(13(17)9-11)18-15(20)8-10-2-5-12(6-3-10)19(22)23/h2-7,9H,8H2,1H3,(H,18,20). The van der Waals surface area contributed by atoms with Gasteiger partial charge in [-0.05, 0) is 23.8 Å². The number of esters is 1. The summed E-state index contributed by atoms with van der Waals surface area (Å²) in [6.45, 7) is 0. The topological polar surface area (TPSA) is 98.5 Å². The van der Waals surface area contributed by atoms with Gasteiger partial charge in [0.15, 0.2) is 0 Å². The maximum atomic E-state index is 12.0. The largest absolute Gasteiger partial charge is 0.465 e. The highest BCUT2D eigenvalue weighted by atomic mass is 35.5. The highest BCUT2D eigenvalue weighted by Crippen LogP contribution is 2.23. The highest BCUT2D eigenvalue weighted by molar-refractivity contribution is 6.34. The molecule has 0 bridgehead atoms. The zero-order valence-electron chi connectivity index (χ0n) is 12.6. The number of nitro groups is 1. The molecule has 0 atom stereocenters. The molecule has 8 heteroatoms. The fourth-order valence-corrected chi connectivity index (χ4v) is 2.20. The van der Waals surface area contributed by atoms with Crippen molar-refractivity contribution in [2.45, 2.75) is 6.42 Å². The van der Waals surface area contributed by atoms with E-state index >= 15 is 0 Å². The molecule has 124 valence electrons. The van der Waals surface area contributed by atoms with Crippen LogP contribution in [0.4, 0.5) is 11.4 Å². The molecule has 0 spiro atoms. The monoisotopic (exact) mass is 348 g/mol. The van der Waals surface area contributed by atoms with Crippen LogP contribution in [-0.2, 0) is 16.0 Å². The van der Waals surface area contributed by atoms with Gasteiger partial charge in [0, 0.05) is 12.1 Å². The molecule has 0 heterocycles. The van der Waals surface area contributed by atoms with Gasteiger partial charge in [-0.15, -0.1) is 0 Å². The SMILES string of the molecule is COC(=O)c1ccc(NC(=O)Cc2ccc([N+](=O)[O-])cc2)c(Cl)c1. The maximum Gasteiger partial charge on any atom is 0.337 e. The Bertz CT molecular complexity index is 790. The smallest absolute Gasteiger partial charge is 0.337 e. The Labute approximate surface area is 142 Å². The minimum atomic E-state index is -0.527. The van der Waals surface area contributed by atoms with Crippen LogP contribution < -0.4 is 5.32 Å². The number of amides is 1. The summed E-state index contributed by atoms with van der Waals surface area (Å²) in [6, 6.07) is 10.1. The summed E-state index contributed by atoms with van der Waals surface area (Å²) < 4.78 is 4.58. The van der Waals surface area contributed by atoms with Crippen molar-refractivity contribution in [2.24, 2.45) is 0 Å². The first-order valence-electron chi connectivity index (χ1n) is 6.81. The van der Waals surface area contributed by atoms with Crippen LogP contribution >= 0.6 is 11.6 Å². The molecule has 2 aromatic rings. The van der Waals surface area contributed by atoms with E-state index < -0.39 is 10.9 Å². The average Bonchev–Trinajstić information content (AvgIpc) is 2.56. The van der Waals surface area contributed by atoms with Crippen molar-refractivity contribution in [3.8, 4) is 0 Å². The maximum absolute atomic E-state index is 12.0. The summed E-state index contributed by atoms with van der Waals surface area (Å²) in [7, 11) is 1.26. The quantitative estimate of drug-likeness (QED) is 0.508. The number of carbonyl (C=O) groups is 2. The lowest BCUT2D eigenvalue weighted by Crippen LogP contribution is -2.15. The third kappa shape index (κ3) is 4.30. The Morgan fingerprint density at radius 2 is 1.88 bits per heavy atom. The van der Waals surface area contributed by atoms with Gasteiger partial charge in [-0.3, -0.25) is 14.9 Å². The van der Waals surface area contributed by atoms with Gasteiger partial charge in [-0.1, -0.05) is 23.7 Å². The molecule has 1 N–H and O–H groups in total. The van der Waals surface area contributed by atoms with Crippen LogP contribution in [-0.4, -0.2) is 23.9 Å². The Morgan fingerprint density at radius 1 is 1.21 bits per heavy atom. The van der Waals surface area contributed by atoms with E-state index in [4.69, 9.17) is 11.6 Å². The van der Waals surface area contributed by atoms with Crippen LogP contribution in [0.1, 0.15) is 15.9 Å². The second-order valence-corrected chi connectivity index (χ2v) is 5.24. The molecule has 0 radical (unpaired) electrons. The molecule has 0 saturated carbocycles. The summed E-state index contributed by atoms with van der Waals surface area (Å²) >= 11 is 6.04. The molecule has 0 saturated heterocycles. The van der Waals surface area contributed by atoms with Crippen molar-refractivity contribution in [3.63, 3.8) is 0 Å². The molecular formula is C16H13ClN2O5. The fraction of sp³-hybridized carbons (Fsp3) is 0.125. The van der Waals surface area contributed by atoms with E-state index in [0.29, 0.717) is 11.3 Å². The Hall–Kier alpha value is -2.93. The molecule has 0 aliphatic heterocycles. The molecule has 0 aromatic heterocycles. The molecule has 7 nitrogen and oxygen atoms in total. The predicted octanol–water partition coefficient (Wildman–Crippen LogP) is 3.22. The molecule has 24 heavy (non-hydrogen) atoms. The van der Waals surface area contributed by atoms with E-state index in [1.165, 1.54) is 49.6 Å². The molecule has 2 rings (SSSR count). The lowest BCUT2D eigenvalue weighted by molar-refractivity contribution is -0.384. The number of carbonyl (C=O) groups excluding carboxylic acids is 2. The van der Waals surface area contributed by atoms with Gasteiger partial charge in [0.1, 0.15) is 0 Å². The number of non-ortho nitro benzene ring substituents is 1. The van der Waals surface area contributed by atoms with Gasteiger partial charge in [0.05, 0.1) is 34.7 Å². The van der Waals surface area contributed by atoms with Gasteiger partial charge in [-0.2, -0.15) is 0 Å². The number of nitrogens with one attached hydrogen (secondary N) is 1. The minimum absolute atomic E-state index is 0.0348. The Balaban J connectivity index is 2.04. The summed E-state index contributed by atoms with van der Waals surface area (Å²) in [6.07, 6.45) is 0.0348. The van der Waals surface area contributed by atoms with Crippen LogP contribution in [0.15, 0.2) is 42.5 Å². The first-order valence-corrected chi connectivity index (χ1v) is 7.19. The molecular weight excluding hydrogens is 336 g/mol. The van der Waals surface area contributed by atoms with Gasteiger partial charge < -0.3 is 10.1 Å². The number of nitro benzene ring substituents is 1. The third-order valence-electron chi connectivity index (χ3n) is 3.18. The fourth-order valence-electron chi connectivity index (χ4n) is 1.98. The van der Waals surface area contributed by atoms with Crippen LogP contribution in [0.3, 0.4) is 0 Å². The third-order valence-corrected chi connectivity index (χ3v) is 3.49. The van der Waals surface area contributed by atoms with E-state index in [1.54, 1.807) is 0 Å². The summed E-state index contributed by atoms with van der Waals surface area (Å²) in [5, 5.41) is 13.4. The normalized spacial score (nSPS) is 10.1. The number of anilines is 1. The number of nitrogens with zero attached hydrogens (tertiary/aromatic N) is 1. The molecule has 0 fully saturated rings. The van der Waals surface area contributed by atoms with Gasteiger partial charge in [-0.25, -0.2) is 4.79 Å². The zero-order chi connectivity index (χ0) is 17.7. The van der Waals surface area contributed by atoms with Crippen LogP contribution in [0.2, 0.25) is 5.02 Å². The molecule has 0 aliphatic carbocycles. The first-order chi connectivity index (χ1) is 11.4. The van der Waals surface area contributed by atoms with Crippen molar-refractivity contribution in [1.82, 2.24) is 0 Å². The highest BCUT2D eigenvalue weighted by Gasteiger charge is 2.12. The van der Waals surface area contributed by atoms with Crippen LogP contribution in [0.5, 0.6) is 0 Å². The lowest BCUT2D eigenvalue weighted by Gasteiger charge is -2.08. The number of hydrogen-bond donors (Lipinski definition) is 1. The number of benzene rings is 2. The number of hydrogen-bond acceptors (Lipinski definition) is 5. The number of ether oxygens (including phenoxy) is 1. The lowest BCUT2D eigenvalue weighted by atomic mass is 10.1. The number of methoxy groups -OCH3 is 1. The predicted molar refractivity (Wildman–Crippen MR) is 88.2 cm³/mol. The van der Waals surface area contributed by atoms with Crippen molar-refractivity contribution < 1.29 is 19.2 Å². The van der Waals surface area contributed by atoms with Crippen molar-refractivity contribution in [3.05, 3.63) is 68.7 Å². The van der Waals surface area contributed by atoms with E-state index in [0.717, 1.165) is 0 Å². The van der Waals surface area contributed by atoms with E-state index in [-0.39, 0.29) is 28.6 Å². The first kappa shape index (κ1) is 17.4. The molecule has 1 amide bonds. The summed E-state index contributed by atoms with van der Waals surface area (Å²) in [5.41, 5.74) is 1.22. The second kappa shape index (κ2) is 7.56. The summed E-state index contributed by atoms with van der Waals surface area (Å²) in [4.78, 5) is 33.5. The van der Waals surface area contributed by atoms with Crippen molar-refractivity contribution >= 4 is 34.9 Å². The van der Waals surface area contributed by atoms with Crippen LogP contribution in [0.25, 0.3) is 0 Å². The van der Waals surface area contributed by atoms with Crippen molar-refractivity contribution in [1.29, 1.82) is 0 Å². The number of halogens is 1. The minimum Gasteiger partial charge on any atom is -0.465 e. The molecule has 2 aromatic carbocycles. The van der Waals surface area contributed by atoms with E-state index in [2.05, 4.69) is 10.1 Å². The zero-order valence-corrected chi connectivity index (χ0v) is 13.4. The van der Waals surface area contributed by atoms with E-state index in [1.807, 2.05) is 0 Å². The number of rotatable bonds is 5. The Kier molecular flexibility index (Phi) is 5.49. The summed E-state index contributed by atoms with van der Waals surface area (Å²) in [5.74, 6) is -0.864. The van der Waals surface area contributed by atoms with Crippen molar-refractivity contribution in [2.75, 3.05) is 12.4 Å². The van der Waals surface area contributed by atoms with Gasteiger partial charge in [0.2, 0.25) is 5.91 Å².